The molecule has 0 aliphatic rings. The fraction of sp³-hybridized carbons (Fsp3) is 0.0800. The fourth-order valence-electron chi connectivity index (χ4n) is 6.29. The Labute approximate surface area is 394 Å². The third kappa shape index (κ3) is 13.2. The topological polar surface area (TPSA) is 199 Å². The molecule has 14 nitrogen and oxygen atoms in total. The number of aromatic nitrogens is 6. The molecule has 338 valence electrons. The average molecular weight is 952 g/mol. The lowest BCUT2D eigenvalue weighted by atomic mass is 10.1. The summed E-state index contributed by atoms with van der Waals surface area (Å²) >= 11 is 6.54. The van der Waals surface area contributed by atoms with Gasteiger partial charge in [-0.2, -0.15) is 4.98 Å². The number of pyridine rings is 2. The Morgan fingerprint density at radius 1 is 0.537 bits per heavy atom. The van der Waals surface area contributed by atoms with E-state index in [0.29, 0.717) is 33.4 Å². The Balaban J connectivity index is 0.000000200. The van der Waals surface area contributed by atoms with Crippen LogP contribution in [0, 0.1) is 13.8 Å². The highest BCUT2D eigenvalue weighted by molar-refractivity contribution is 7.96. The number of ether oxygens (including phenoxy) is 1. The van der Waals surface area contributed by atoms with Crippen LogP contribution >= 0.6 is 11.6 Å². The maximum Gasteiger partial charge on any atom is 0.256 e. The maximum absolute atomic E-state index is 13.0. The highest BCUT2D eigenvalue weighted by atomic mass is 35.5. The number of sulfonamides is 2. The summed E-state index contributed by atoms with van der Waals surface area (Å²) in [5.74, 6) is 0.841. The molecule has 0 radical (unpaired) electrons. The Bertz CT molecular complexity index is 3210. The molecular weight excluding hydrogens is 908 g/mol. The van der Waals surface area contributed by atoms with E-state index in [9.17, 15) is 21.9 Å². The van der Waals surface area contributed by atoms with Crippen LogP contribution in [0.25, 0.3) is 57.2 Å². The Morgan fingerprint density at radius 2 is 0.955 bits per heavy atom. The van der Waals surface area contributed by atoms with E-state index in [1.807, 2.05) is 111 Å². The van der Waals surface area contributed by atoms with E-state index in [2.05, 4.69) is 39.3 Å². The third-order valence-electron chi connectivity index (χ3n) is 9.58. The van der Waals surface area contributed by atoms with Gasteiger partial charge in [-0.3, -0.25) is 19.4 Å². The van der Waals surface area contributed by atoms with Crippen LogP contribution in [-0.2, 0) is 20.0 Å². The molecule has 8 rings (SSSR count). The number of halogens is 1. The molecule has 3 N–H and O–H groups in total. The zero-order valence-electron chi connectivity index (χ0n) is 36.1. The second-order valence-corrected chi connectivity index (χ2v) is 18.1. The van der Waals surface area contributed by atoms with E-state index in [1.54, 1.807) is 61.2 Å². The second kappa shape index (κ2) is 22.0. The minimum atomic E-state index is -3.95. The van der Waals surface area contributed by atoms with Crippen molar-refractivity contribution in [3.8, 4) is 50.9 Å². The number of hydrogen-bond acceptors (Lipinski definition) is 12. The summed E-state index contributed by atoms with van der Waals surface area (Å²) in [6, 6.07) is 40.1. The SMILES string of the molecule is Cc1ccc(-c2c(Cl)nc(-c3ccncc3)nc2NS(=O)(=O)/C=C/c2ccccc2)cc1.Cc1ccc(-c2c(NS(=O)(=O)/C=C/c3ccccc3)nc(-c3ccncc3)nc2OCCO)cc1. The summed E-state index contributed by atoms with van der Waals surface area (Å²) in [6.45, 7) is 3.66. The average Bonchev–Trinajstić information content (AvgIpc) is 3.34. The minimum Gasteiger partial charge on any atom is -0.475 e. The molecule has 4 aromatic carbocycles. The van der Waals surface area contributed by atoms with Crippen molar-refractivity contribution in [2.75, 3.05) is 22.7 Å². The van der Waals surface area contributed by atoms with E-state index in [0.717, 1.165) is 33.1 Å². The van der Waals surface area contributed by atoms with Crippen LogP contribution in [0.5, 0.6) is 5.88 Å². The number of nitrogens with zero attached hydrogens (tertiary/aromatic N) is 6. The van der Waals surface area contributed by atoms with Crippen molar-refractivity contribution < 1.29 is 26.7 Å². The Morgan fingerprint density at radius 3 is 1.40 bits per heavy atom. The molecule has 0 atom stereocenters. The predicted molar refractivity (Wildman–Crippen MR) is 264 cm³/mol. The van der Waals surface area contributed by atoms with Gasteiger partial charge in [0.1, 0.15) is 11.8 Å². The standard InChI is InChI=1S/C26H24N4O4S.C24H19ClN4O2S/c1-19-7-9-21(10-8-19)23-25(30-35(32,33)18-13-20-5-3-2-4-6-20)28-24(22-11-14-27-15-12-22)29-26(23)34-17-16-31;1-17-7-9-19(10-8-17)21-22(25)27-23(20-11-14-26-15-12-20)28-24(21)29-32(30,31)16-13-18-5-3-2-4-6-18/h2-15,18,31H,16-17H2,1H3,(H,28,29,30);2-16H,1H3,(H,27,28,29)/b18-13+;16-13+. The Kier molecular flexibility index (Phi) is 15.6. The van der Waals surface area contributed by atoms with Gasteiger partial charge in [0.05, 0.1) is 28.5 Å². The largest absolute Gasteiger partial charge is 0.475 e. The van der Waals surface area contributed by atoms with Crippen LogP contribution < -0.4 is 14.2 Å². The monoisotopic (exact) mass is 950 g/mol. The molecule has 0 bridgehead atoms. The van der Waals surface area contributed by atoms with Gasteiger partial charge in [0.25, 0.3) is 20.0 Å². The van der Waals surface area contributed by atoms with Crippen LogP contribution in [0.15, 0.2) is 169 Å². The zero-order chi connectivity index (χ0) is 47.2. The number of aliphatic hydroxyl groups excluding tert-OH is 1. The maximum atomic E-state index is 13.0. The minimum absolute atomic E-state index is 0.0221. The molecular formula is C50H43ClN8O6S2. The highest BCUT2D eigenvalue weighted by Gasteiger charge is 2.23. The van der Waals surface area contributed by atoms with E-state index < -0.39 is 20.0 Å². The van der Waals surface area contributed by atoms with E-state index in [-0.39, 0.29) is 47.5 Å². The van der Waals surface area contributed by atoms with Gasteiger partial charge in [0.15, 0.2) is 23.3 Å². The fourth-order valence-corrected chi connectivity index (χ4v) is 8.21. The molecule has 0 aliphatic heterocycles. The van der Waals surface area contributed by atoms with Crippen LogP contribution in [0.3, 0.4) is 0 Å². The lowest BCUT2D eigenvalue weighted by Crippen LogP contribution is -2.14. The molecule has 0 unspecified atom stereocenters. The molecule has 0 amide bonds. The van der Waals surface area contributed by atoms with Gasteiger partial charge in [-0.1, -0.05) is 132 Å². The first-order valence-corrected chi connectivity index (χ1v) is 24.0. The summed E-state index contributed by atoms with van der Waals surface area (Å²) in [7, 11) is -7.82. The first-order chi connectivity index (χ1) is 32.4. The van der Waals surface area contributed by atoms with Crippen molar-refractivity contribution in [1.82, 2.24) is 29.9 Å². The van der Waals surface area contributed by atoms with Crippen molar-refractivity contribution in [2.24, 2.45) is 0 Å². The van der Waals surface area contributed by atoms with Crippen LogP contribution in [0.4, 0.5) is 11.6 Å². The highest BCUT2D eigenvalue weighted by Crippen LogP contribution is 2.38. The summed E-state index contributed by atoms with van der Waals surface area (Å²) in [6.07, 6.45) is 9.41. The predicted octanol–water partition coefficient (Wildman–Crippen LogP) is 9.88. The molecule has 0 fully saturated rings. The first-order valence-electron chi connectivity index (χ1n) is 20.6. The van der Waals surface area contributed by atoms with Crippen molar-refractivity contribution in [2.45, 2.75) is 13.8 Å². The van der Waals surface area contributed by atoms with Crippen molar-refractivity contribution in [1.29, 1.82) is 0 Å². The van der Waals surface area contributed by atoms with E-state index >= 15 is 0 Å². The molecule has 67 heavy (non-hydrogen) atoms. The zero-order valence-corrected chi connectivity index (χ0v) is 38.5. The van der Waals surface area contributed by atoms with Gasteiger partial charge in [0.2, 0.25) is 5.88 Å². The lowest BCUT2D eigenvalue weighted by Gasteiger charge is -2.16. The summed E-state index contributed by atoms with van der Waals surface area (Å²) < 4.78 is 62.7. The molecule has 0 aliphatic carbocycles. The van der Waals surface area contributed by atoms with Gasteiger partial charge < -0.3 is 9.84 Å². The molecule has 4 aromatic heterocycles. The molecule has 0 spiro atoms. The Hall–Kier alpha value is -7.63. The van der Waals surface area contributed by atoms with Crippen molar-refractivity contribution in [3.63, 3.8) is 0 Å². The lowest BCUT2D eigenvalue weighted by molar-refractivity contribution is 0.197. The number of aliphatic hydroxyl groups is 1. The number of nitrogens with one attached hydrogen (secondary N) is 2. The van der Waals surface area contributed by atoms with Crippen molar-refractivity contribution >= 4 is 55.4 Å². The number of anilines is 2. The number of rotatable bonds is 15. The molecule has 0 saturated heterocycles. The van der Waals surface area contributed by atoms with E-state index in [1.165, 1.54) is 12.2 Å². The first kappa shape index (κ1) is 47.3. The van der Waals surface area contributed by atoms with Gasteiger partial charge in [0, 0.05) is 35.9 Å². The van der Waals surface area contributed by atoms with E-state index in [4.69, 9.17) is 16.3 Å². The molecule has 8 aromatic rings. The van der Waals surface area contributed by atoms with Gasteiger partial charge in [-0.15, -0.1) is 0 Å². The molecule has 17 heteroatoms. The smallest absolute Gasteiger partial charge is 0.256 e. The van der Waals surface area contributed by atoms with Crippen LogP contribution in [0.2, 0.25) is 5.15 Å². The van der Waals surface area contributed by atoms with Crippen LogP contribution in [-0.4, -0.2) is 65.1 Å². The molecule has 0 saturated carbocycles. The second-order valence-electron chi connectivity index (χ2n) is 14.6. The van der Waals surface area contributed by atoms with Gasteiger partial charge >= 0.3 is 0 Å². The molecule has 4 heterocycles. The summed E-state index contributed by atoms with van der Waals surface area (Å²) in [5, 5.41) is 11.7. The quantitative estimate of drug-likeness (QED) is 0.0823. The number of aryl methyl sites for hydroxylation is 2. The van der Waals surface area contributed by atoms with Crippen LogP contribution in [0.1, 0.15) is 22.3 Å². The van der Waals surface area contributed by atoms with Gasteiger partial charge in [-0.25, -0.2) is 31.8 Å². The summed E-state index contributed by atoms with van der Waals surface area (Å²) in [4.78, 5) is 26.0. The third-order valence-corrected chi connectivity index (χ3v) is 11.8. The normalized spacial score (nSPS) is 11.5. The number of benzene rings is 4. The van der Waals surface area contributed by atoms with Crippen molar-refractivity contribution in [3.05, 3.63) is 196 Å². The van der Waals surface area contributed by atoms with Gasteiger partial charge in [-0.05, 0) is 72.5 Å². The number of hydrogen-bond donors (Lipinski definition) is 3. The summed E-state index contributed by atoms with van der Waals surface area (Å²) in [5.41, 5.74) is 7.03.